The lowest BCUT2D eigenvalue weighted by Crippen LogP contribution is -1.97. The lowest BCUT2D eigenvalue weighted by molar-refractivity contribution is 1.15. The van der Waals surface area contributed by atoms with Crippen molar-refractivity contribution < 1.29 is 26.0 Å². The minimum Gasteiger partial charge on any atom is -0.309 e. The summed E-state index contributed by atoms with van der Waals surface area (Å²) in [7, 11) is 0. The van der Waals surface area contributed by atoms with Gasteiger partial charge in [0.05, 0.1) is 59.1 Å². The van der Waals surface area contributed by atoms with Gasteiger partial charge >= 0.3 is 0 Å². The van der Waals surface area contributed by atoms with Crippen molar-refractivity contribution in [3.05, 3.63) is 188 Å². The molecule has 0 saturated carbocycles. The van der Waals surface area contributed by atoms with Crippen molar-refractivity contribution in [2.24, 2.45) is 0 Å². The molecule has 0 radical (unpaired) electrons. The third kappa shape index (κ3) is 4.12. The third-order valence-electron chi connectivity index (χ3n) is 9.21. The molecule has 0 unspecified atom stereocenters. The molecule has 8 aromatic carbocycles. The molecule has 0 aliphatic rings. The minimum atomic E-state index is -0.766. The molecule has 11 aromatic rings. The second-order valence-electron chi connectivity index (χ2n) is 11.9. The number of fused-ring (bicyclic) bond motifs is 9. The average molecular weight is 669 g/mol. The summed E-state index contributed by atoms with van der Waals surface area (Å²) >= 11 is 0. The Morgan fingerprint density at radius 3 is 1.75 bits per heavy atom. The molecule has 238 valence electrons. The first kappa shape index (κ1) is 15.4. The molecule has 51 heavy (non-hydrogen) atoms. The smallest absolute Gasteiger partial charge is 0.0652 e. The highest BCUT2D eigenvalue weighted by atomic mass is 15.0. The van der Waals surface area contributed by atoms with Gasteiger partial charge < -0.3 is 13.7 Å². The Balaban J connectivity index is 1.38. The van der Waals surface area contributed by atoms with Gasteiger partial charge in [0.2, 0.25) is 0 Å². The van der Waals surface area contributed by atoms with Crippen LogP contribution in [-0.4, -0.2) is 13.7 Å². The minimum absolute atomic E-state index is 0.227. The van der Waals surface area contributed by atoms with Crippen molar-refractivity contribution in [1.82, 2.24) is 13.7 Å². The van der Waals surface area contributed by atoms with Gasteiger partial charge in [0.15, 0.2) is 0 Å². The van der Waals surface area contributed by atoms with Crippen LogP contribution in [0.3, 0.4) is 0 Å². The molecular weight excluding hydrogens is 619 g/mol. The maximum atomic E-state index is 10.1. The summed E-state index contributed by atoms with van der Waals surface area (Å²) in [5.74, 6) is 0. The van der Waals surface area contributed by atoms with E-state index in [2.05, 4.69) is 0 Å². The normalized spacial score (nSPS) is 17.1. The van der Waals surface area contributed by atoms with E-state index >= 15 is 0 Å². The van der Waals surface area contributed by atoms with Gasteiger partial charge in [-0.05, 0) is 77.7 Å². The van der Waals surface area contributed by atoms with Crippen molar-refractivity contribution in [2.45, 2.75) is 0 Å². The number of benzene rings is 8. The molecule has 0 saturated heterocycles. The summed E-state index contributed by atoms with van der Waals surface area (Å²) in [5.41, 5.74) is -0.490. The van der Waals surface area contributed by atoms with Crippen LogP contribution < -0.4 is 0 Å². The predicted molar refractivity (Wildman–Crippen MR) is 215 cm³/mol. The topological polar surface area (TPSA) is 14.8 Å². The van der Waals surface area contributed by atoms with Crippen LogP contribution in [0.4, 0.5) is 0 Å². The van der Waals surface area contributed by atoms with E-state index in [0.29, 0.717) is 5.52 Å². The maximum Gasteiger partial charge on any atom is 0.0652 e. The van der Waals surface area contributed by atoms with E-state index in [0.717, 1.165) is 26.5 Å². The maximum absolute atomic E-state index is 10.1. The molecule has 0 N–H and O–H groups in total. The van der Waals surface area contributed by atoms with Gasteiger partial charge in [-0.25, -0.2) is 0 Å². The molecule has 0 spiro atoms. The molecule has 3 heteroatoms. The molecule has 0 atom stereocenters. The van der Waals surface area contributed by atoms with Gasteiger partial charge in [-0.3, -0.25) is 0 Å². The van der Waals surface area contributed by atoms with E-state index in [9.17, 15) is 8.22 Å². The molecule has 11 rings (SSSR count). The van der Waals surface area contributed by atoms with Crippen molar-refractivity contribution in [1.29, 1.82) is 0 Å². The quantitative estimate of drug-likeness (QED) is 0.177. The predicted octanol–water partition coefficient (Wildman–Crippen LogP) is 12.6. The van der Waals surface area contributed by atoms with E-state index in [1.54, 1.807) is 12.1 Å². The van der Waals surface area contributed by atoms with Crippen LogP contribution in [0.5, 0.6) is 0 Å². The average Bonchev–Trinajstić information content (AvgIpc) is 4.02. The Kier molecular flexibility index (Phi) is 3.26. The number of para-hydroxylation sites is 4. The van der Waals surface area contributed by atoms with Gasteiger partial charge in [-0.1, -0.05) is 121 Å². The summed E-state index contributed by atoms with van der Waals surface area (Å²) in [4.78, 5) is 0. The highest BCUT2D eigenvalue weighted by molar-refractivity contribution is 6.14. The second kappa shape index (κ2) is 10.8. The molecule has 3 aromatic heterocycles. The van der Waals surface area contributed by atoms with E-state index in [1.165, 1.54) is 4.57 Å². The van der Waals surface area contributed by atoms with Gasteiger partial charge in [0.25, 0.3) is 0 Å². The van der Waals surface area contributed by atoms with Crippen LogP contribution in [-0.2, 0) is 0 Å². The molecule has 0 bridgehead atoms. The highest BCUT2D eigenvalue weighted by Crippen LogP contribution is 2.40. The zero-order valence-corrected chi connectivity index (χ0v) is 26.3. The number of hydrogen-bond donors (Lipinski definition) is 0. The highest BCUT2D eigenvalue weighted by Gasteiger charge is 2.19. The van der Waals surface area contributed by atoms with Crippen LogP contribution in [0.2, 0.25) is 0 Å². The van der Waals surface area contributed by atoms with Crippen LogP contribution in [0.25, 0.3) is 93.6 Å². The summed E-state index contributed by atoms with van der Waals surface area (Å²) in [5, 5.41) is 0.395. The summed E-state index contributed by atoms with van der Waals surface area (Å²) in [6, 6.07) is 8.70. The Labute approximate surface area is 321 Å². The Bertz CT molecular complexity index is 4120. The Morgan fingerprint density at radius 2 is 0.941 bits per heavy atom. The second-order valence-corrected chi connectivity index (χ2v) is 11.9. The van der Waals surface area contributed by atoms with Gasteiger partial charge in [0, 0.05) is 49.4 Å². The fraction of sp³-hybridized carbons (Fsp3) is 0. The van der Waals surface area contributed by atoms with E-state index in [1.807, 2.05) is 65.2 Å². The van der Waals surface area contributed by atoms with Gasteiger partial charge in [-0.2, -0.15) is 0 Å². The lowest BCUT2D eigenvalue weighted by Gasteiger charge is -2.12. The fourth-order valence-corrected chi connectivity index (χ4v) is 7.06. The first-order valence-corrected chi connectivity index (χ1v) is 16.0. The molecule has 0 amide bonds. The molecular formula is C48H31N3. The molecule has 3 heterocycles. The lowest BCUT2D eigenvalue weighted by atomic mass is 10.0. The number of nitrogens with zero attached hydrogens (tertiary/aromatic N) is 3. The third-order valence-corrected chi connectivity index (χ3v) is 9.21. The van der Waals surface area contributed by atoms with Crippen molar-refractivity contribution in [3.63, 3.8) is 0 Å². The summed E-state index contributed by atoms with van der Waals surface area (Å²) in [6.45, 7) is 0. The van der Waals surface area contributed by atoms with Crippen LogP contribution in [0, 0.1) is 0 Å². The summed E-state index contributed by atoms with van der Waals surface area (Å²) < 4.78 is 176. The van der Waals surface area contributed by atoms with E-state index in [-0.39, 0.29) is 38.3 Å². The largest absolute Gasteiger partial charge is 0.309 e. The number of hydrogen-bond acceptors (Lipinski definition) is 0. The van der Waals surface area contributed by atoms with E-state index in [4.69, 9.17) is 17.8 Å². The molecule has 0 fully saturated rings. The first-order valence-electron chi connectivity index (χ1n) is 25.5. The van der Waals surface area contributed by atoms with E-state index < -0.39 is 143 Å². The van der Waals surface area contributed by atoms with Crippen LogP contribution >= 0.6 is 0 Å². The number of rotatable bonds is 4. The SMILES string of the molecule is [2H]c1c([2H])c([2H])c(-c2c([2H])c([2H])c3c4c([2H])c(-n5c6c([2H])c([2H])c([2H])c([2H])c6c6c([2H])c([2H])c([2H])c([2H])c65)c([2H])c([2H])c4n(-c4ccc5c6ccccc6n(-c6ccccc6)c5c4)c3c2[2H])c([2H])c1[2H]. The van der Waals surface area contributed by atoms with Crippen LogP contribution in [0.15, 0.2) is 188 Å². The first-order chi connectivity index (χ1) is 33.2. The van der Waals surface area contributed by atoms with Crippen molar-refractivity contribution in [2.75, 3.05) is 0 Å². The van der Waals surface area contributed by atoms with Crippen molar-refractivity contribution in [3.8, 4) is 28.2 Å². The molecule has 0 aliphatic carbocycles. The fourth-order valence-electron chi connectivity index (χ4n) is 7.06. The van der Waals surface area contributed by atoms with Crippen LogP contribution in [0.1, 0.15) is 26.0 Å². The zero-order chi connectivity index (χ0) is 50.0. The Morgan fingerprint density at radius 1 is 0.314 bits per heavy atom. The Hall–Kier alpha value is -6.84. The van der Waals surface area contributed by atoms with Gasteiger partial charge in [0.1, 0.15) is 0 Å². The zero-order valence-electron chi connectivity index (χ0n) is 45.3. The van der Waals surface area contributed by atoms with Gasteiger partial charge in [-0.15, -0.1) is 0 Å². The monoisotopic (exact) mass is 668 g/mol. The molecule has 0 aliphatic heterocycles. The standard InChI is InChI=1S/C48H31N3/c1-3-13-32(14-4-1)33-23-26-41-42-30-35(50-44-21-11-7-17-37(44)38-18-8-12-22-45(38)50)25-28-46(42)51(47(41)29-33)36-24-27-40-39-19-9-10-20-43(39)49(48(40)31-36)34-15-5-2-6-16-34/h1-31H/i1D,3D,4D,7D,8D,11D,12D,13D,14D,17D,18D,21D,22D,23D,25D,26D,28D,29D,30D. The summed E-state index contributed by atoms with van der Waals surface area (Å²) in [6.07, 6.45) is 0. The molecule has 3 nitrogen and oxygen atoms in total. The number of aromatic nitrogens is 3. The van der Waals surface area contributed by atoms with Crippen molar-refractivity contribution >= 4 is 65.4 Å².